The number of rotatable bonds is 6. The molecule has 4 nitrogen and oxygen atoms in total. The van der Waals surface area contributed by atoms with Crippen molar-refractivity contribution >= 4 is 5.91 Å². The van der Waals surface area contributed by atoms with Crippen LogP contribution in [-0.2, 0) is 4.79 Å². The Balaban J connectivity index is 1.82. The molecule has 1 aliphatic heterocycles. The predicted octanol–water partition coefficient (Wildman–Crippen LogP) is 1.60. The number of likely N-dealkylation sites (tertiary alicyclic amines) is 1. The van der Waals surface area contributed by atoms with E-state index in [1.807, 2.05) is 0 Å². The van der Waals surface area contributed by atoms with Crippen LogP contribution < -0.4 is 5.32 Å². The van der Waals surface area contributed by atoms with Gasteiger partial charge in [0.15, 0.2) is 0 Å². The van der Waals surface area contributed by atoms with Gasteiger partial charge >= 0.3 is 0 Å². The number of β-amino-alcohol motifs (C(OH)–C–C–N with tert-alkyl or cyclic N) is 1. The molecule has 0 bridgehead atoms. The number of hydrogen-bond acceptors (Lipinski definition) is 3. The summed E-state index contributed by atoms with van der Waals surface area (Å²) in [6.45, 7) is 2.94. The molecule has 1 aromatic carbocycles. The maximum atomic E-state index is 13.6. The third-order valence-corrected chi connectivity index (χ3v) is 3.69. The maximum Gasteiger partial charge on any atom is 0.222 e. The molecule has 0 spiro atoms. The number of aliphatic hydroxyl groups excluding tert-OH is 1. The molecule has 2 N–H and O–H groups in total. The SMILES string of the molecule is C[C@H](NC[C@@H](O)CN1CCCC1=O)c1ccc(F)cc1F. The van der Waals surface area contributed by atoms with Crippen molar-refractivity contribution < 1.29 is 18.7 Å². The molecular weight excluding hydrogens is 278 g/mol. The lowest BCUT2D eigenvalue weighted by Crippen LogP contribution is -2.39. The summed E-state index contributed by atoms with van der Waals surface area (Å²) in [5.41, 5.74) is 0.348. The minimum Gasteiger partial charge on any atom is -0.390 e. The van der Waals surface area contributed by atoms with Crippen LogP contribution in [0, 0.1) is 11.6 Å². The Bertz CT molecular complexity index is 510. The number of nitrogens with one attached hydrogen (secondary N) is 1. The number of carbonyl (C=O) groups excluding carboxylic acids is 1. The topological polar surface area (TPSA) is 52.6 Å². The van der Waals surface area contributed by atoms with Crippen molar-refractivity contribution in [1.29, 1.82) is 0 Å². The highest BCUT2D eigenvalue weighted by molar-refractivity contribution is 5.78. The first-order valence-electron chi connectivity index (χ1n) is 7.11. The Morgan fingerprint density at radius 3 is 2.81 bits per heavy atom. The molecule has 21 heavy (non-hydrogen) atoms. The molecule has 0 saturated carbocycles. The lowest BCUT2D eigenvalue weighted by molar-refractivity contribution is -0.128. The van der Waals surface area contributed by atoms with E-state index in [0.29, 0.717) is 18.5 Å². The van der Waals surface area contributed by atoms with Crippen LogP contribution >= 0.6 is 0 Å². The van der Waals surface area contributed by atoms with Crippen molar-refractivity contribution in [3.8, 4) is 0 Å². The summed E-state index contributed by atoms with van der Waals surface area (Å²) in [5.74, 6) is -1.16. The van der Waals surface area contributed by atoms with Gasteiger partial charge in [0.2, 0.25) is 5.91 Å². The fourth-order valence-corrected chi connectivity index (χ4v) is 2.49. The largest absolute Gasteiger partial charge is 0.390 e. The van der Waals surface area contributed by atoms with E-state index in [9.17, 15) is 18.7 Å². The smallest absolute Gasteiger partial charge is 0.222 e. The van der Waals surface area contributed by atoms with Crippen molar-refractivity contribution in [2.75, 3.05) is 19.6 Å². The maximum absolute atomic E-state index is 13.6. The van der Waals surface area contributed by atoms with Gasteiger partial charge in [-0.2, -0.15) is 0 Å². The summed E-state index contributed by atoms with van der Waals surface area (Å²) < 4.78 is 26.5. The Labute approximate surface area is 122 Å². The van der Waals surface area contributed by atoms with Crippen LogP contribution in [-0.4, -0.2) is 41.7 Å². The highest BCUT2D eigenvalue weighted by Crippen LogP contribution is 2.17. The first-order chi connectivity index (χ1) is 9.97. The summed E-state index contributed by atoms with van der Waals surface area (Å²) in [5, 5.41) is 12.9. The molecule has 1 aromatic rings. The third kappa shape index (κ3) is 4.22. The van der Waals surface area contributed by atoms with Gasteiger partial charge in [-0.1, -0.05) is 6.07 Å². The van der Waals surface area contributed by atoms with Gasteiger partial charge in [-0.05, 0) is 19.4 Å². The van der Waals surface area contributed by atoms with E-state index < -0.39 is 17.7 Å². The molecule has 0 unspecified atom stereocenters. The number of nitrogens with zero attached hydrogens (tertiary/aromatic N) is 1. The number of aliphatic hydroxyl groups is 1. The second-order valence-electron chi connectivity index (χ2n) is 5.39. The molecule has 1 fully saturated rings. The van der Waals surface area contributed by atoms with Gasteiger partial charge in [-0.15, -0.1) is 0 Å². The van der Waals surface area contributed by atoms with Crippen LogP contribution in [0.3, 0.4) is 0 Å². The van der Waals surface area contributed by atoms with Crippen molar-refractivity contribution in [1.82, 2.24) is 10.2 Å². The summed E-state index contributed by atoms with van der Waals surface area (Å²) in [7, 11) is 0. The quantitative estimate of drug-likeness (QED) is 0.839. The summed E-state index contributed by atoms with van der Waals surface area (Å²) in [4.78, 5) is 13.1. The fourth-order valence-electron chi connectivity index (χ4n) is 2.49. The molecule has 1 aliphatic rings. The highest BCUT2D eigenvalue weighted by Gasteiger charge is 2.22. The summed E-state index contributed by atoms with van der Waals surface area (Å²) in [6.07, 6.45) is 0.658. The monoisotopic (exact) mass is 298 g/mol. The molecule has 0 radical (unpaired) electrons. The van der Waals surface area contributed by atoms with Crippen LogP contribution in [0.5, 0.6) is 0 Å². The van der Waals surface area contributed by atoms with Crippen LogP contribution in [0.4, 0.5) is 8.78 Å². The van der Waals surface area contributed by atoms with Gasteiger partial charge in [-0.25, -0.2) is 8.78 Å². The molecule has 1 amide bonds. The fraction of sp³-hybridized carbons (Fsp3) is 0.533. The van der Waals surface area contributed by atoms with E-state index >= 15 is 0 Å². The standard InChI is InChI=1S/C15H20F2N2O2/c1-10(13-5-4-11(16)7-14(13)17)18-8-12(20)9-19-6-2-3-15(19)21/h4-5,7,10,12,18,20H,2-3,6,8-9H2,1H3/t10-,12+/m0/s1. The zero-order chi connectivity index (χ0) is 15.4. The molecule has 2 atom stereocenters. The normalized spacial score (nSPS) is 18.1. The van der Waals surface area contributed by atoms with Gasteiger partial charge in [0.05, 0.1) is 6.10 Å². The molecule has 1 heterocycles. The Hall–Kier alpha value is -1.53. The van der Waals surface area contributed by atoms with E-state index in [1.165, 1.54) is 12.1 Å². The number of amides is 1. The minimum atomic E-state index is -0.710. The van der Waals surface area contributed by atoms with E-state index in [0.717, 1.165) is 12.5 Å². The molecular formula is C15H20F2N2O2. The zero-order valence-electron chi connectivity index (χ0n) is 12.0. The number of halogens is 2. The van der Waals surface area contributed by atoms with Crippen LogP contribution in [0.2, 0.25) is 0 Å². The first kappa shape index (κ1) is 15.9. The van der Waals surface area contributed by atoms with Gasteiger partial charge in [0.25, 0.3) is 0 Å². The number of hydrogen-bond donors (Lipinski definition) is 2. The number of benzene rings is 1. The van der Waals surface area contributed by atoms with E-state index in [-0.39, 0.29) is 25.0 Å². The molecule has 2 rings (SSSR count). The van der Waals surface area contributed by atoms with Crippen LogP contribution in [0.15, 0.2) is 18.2 Å². The molecule has 1 saturated heterocycles. The van der Waals surface area contributed by atoms with Crippen molar-refractivity contribution in [3.63, 3.8) is 0 Å². The minimum absolute atomic E-state index is 0.0617. The van der Waals surface area contributed by atoms with Crippen molar-refractivity contribution in [2.45, 2.75) is 31.9 Å². The van der Waals surface area contributed by atoms with Gasteiger partial charge in [0, 0.05) is 43.7 Å². The van der Waals surface area contributed by atoms with Gasteiger partial charge in [-0.3, -0.25) is 4.79 Å². The van der Waals surface area contributed by atoms with Crippen molar-refractivity contribution in [2.24, 2.45) is 0 Å². The van der Waals surface area contributed by atoms with Crippen LogP contribution in [0.25, 0.3) is 0 Å². The Morgan fingerprint density at radius 2 is 2.19 bits per heavy atom. The van der Waals surface area contributed by atoms with Gasteiger partial charge < -0.3 is 15.3 Å². The second kappa shape index (κ2) is 6.95. The third-order valence-electron chi connectivity index (χ3n) is 3.69. The second-order valence-corrected chi connectivity index (χ2v) is 5.39. The zero-order valence-corrected chi connectivity index (χ0v) is 12.0. The average Bonchev–Trinajstić information content (AvgIpc) is 2.81. The molecule has 116 valence electrons. The average molecular weight is 298 g/mol. The Kier molecular flexibility index (Phi) is 5.25. The van der Waals surface area contributed by atoms with E-state index in [4.69, 9.17) is 0 Å². The lowest BCUT2D eigenvalue weighted by Gasteiger charge is -2.22. The number of carbonyl (C=O) groups is 1. The lowest BCUT2D eigenvalue weighted by atomic mass is 10.1. The summed E-state index contributed by atoms with van der Waals surface area (Å²) in [6, 6.07) is 3.08. The van der Waals surface area contributed by atoms with Crippen LogP contribution in [0.1, 0.15) is 31.4 Å². The molecule has 6 heteroatoms. The van der Waals surface area contributed by atoms with Crippen molar-refractivity contribution in [3.05, 3.63) is 35.4 Å². The summed E-state index contributed by atoms with van der Waals surface area (Å²) >= 11 is 0. The first-order valence-corrected chi connectivity index (χ1v) is 7.11. The highest BCUT2D eigenvalue weighted by atomic mass is 19.1. The van der Waals surface area contributed by atoms with Gasteiger partial charge in [0.1, 0.15) is 11.6 Å². The van der Waals surface area contributed by atoms with E-state index in [2.05, 4.69) is 5.32 Å². The Morgan fingerprint density at radius 1 is 1.43 bits per heavy atom. The predicted molar refractivity (Wildman–Crippen MR) is 74.6 cm³/mol. The molecule has 0 aliphatic carbocycles. The van der Waals surface area contributed by atoms with E-state index in [1.54, 1.807) is 11.8 Å². The molecule has 0 aromatic heterocycles.